The van der Waals surface area contributed by atoms with Crippen molar-refractivity contribution in [3.63, 3.8) is 0 Å². The van der Waals surface area contributed by atoms with Crippen LogP contribution in [0.3, 0.4) is 0 Å². The van der Waals surface area contributed by atoms with Gasteiger partial charge in [0.2, 0.25) is 5.54 Å². The van der Waals surface area contributed by atoms with E-state index in [1.165, 1.54) is 0 Å². The molecule has 0 aromatic heterocycles. The second-order valence-electron chi connectivity index (χ2n) is 10.4. The summed E-state index contributed by atoms with van der Waals surface area (Å²) in [5, 5.41) is 0. The van der Waals surface area contributed by atoms with Gasteiger partial charge < -0.3 is 18.9 Å². The van der Waals surface area contributed by atoms with Gasteiger partial charge >= 0.3 is 24.2 Å². The van der Waals surface area contributed by atoms with Crippen LogP contribution in [0.2, 0.25) is 0 Å². The van der Waals surface area contributed by atoms with Crippen molar-refractivity contribution in [2.45, 2.75) is 116 Å². The van der Waals surface area contributed by atoms with E-state index in [0.717, 1.165) is 44.1 Å². The predicted octanol–water partition coefficient (Wildman–Crippen LogP) is 7.84. The topological polar surface area (TPSA) is 105 Å². The van der Waals surface area contributed by atoms with Crippen molar-refractivity contribution in [2.24, 2.45) is 0 Å². The lowest BCUT2D eigenvalue weighted by molar-refractivity contribution is -0.764. The van der Waals surface area contributed by atoms with Gasteiger partial charge in [-0.05, 0) is 42.2 Å². The number of unbranched alkanes of at least 4 members (excludes halogenated alkanes) is 3. The molecule has 1 aliphatic carbocycles. The predicted molar refractivity (Wildman–Crippen MR) is 150 cm³/mol. The average Bonchev–Trinajstić information content (AvgIpc) is 2.94. The van der Waals surface area contributed by atoms with E-state index in [9.17, 15) is 19.2 Å². The van der Waals surface area contributed by atoms with Gasteiger partial charge in [-0.15, -0.1) is 0 Å². The van der Waals surface area contributed by atoms with Crippen LogP contribution >= 0.6 is 0 Å². The molecule has 1 aromatic carbocycles. The number of ether oxygens (including phenoxy) is 4. The zero-order valence-electron chi connectivity index (χ0n) is 24.6. The molecular formula is C31H48NO8+. The van der Waals surface area contributed by atoms with E-state index < -0.39 is 34.3 Å². The van der Waals surface area contributed by atoms with E-state index >= 15 is 0 Å². The summed E-state index contributed by atoms with van der Waals surface area (Å²) in [7, 11) is 0. The molecule has 9 heteroatoms. The summed E-state index contributed by atoms with van der Waals surface area (Å²) in [6.07, 6.45) is 4.10. The highest BCUT2D eigenvalue weighted by Crippen LogP contribution is 2.42. The summed E-state index contributed by atoms with van der Waals surface area (Å²) >= 11 is 0. The monoisotopic (exact) mass is 562 g/mol. The fraction of sp³-hybridized carbons (Fsp3) is 0.677. The third-order valence-electron chi connectivity index (χ3n) is 7.41. The Morgan fingerprint density at radius 2 is 1.07 bits per heavy atom. The Balaban J connectivity index is 2.69. The minimum absolute atomic E-state index is 0.00500. The first-order valence-electron chi connectivity index (χ1n) is 15.0. The third kappa shape index (κ3) is 8.29. The highest BCUT2D eigenvalue weighted by molar-refractivity contribution is 5.96. The van der Waals surface area contributed by atoms with E-state index in [1.807, 2.05) is 51.1 Å². The average molecular weight is 563 g/mol. The molecule has 224 valence electrons. The van der Waals surface area contributed by atoms with E-state index in [1.54, 1.807) is 0 Å². The first-order valence-corrected chi connectivity index (χ1v) is 15.0. The Morgan fingerprint density at radius 3 is 1.50 bits per heavy atom. The van der Waals surface area contributed by atoms with Crippen LogP contribution in [-0.2, 0) is 30.3 Å². The van der Waals surface area contributed by atoms with Gasteiger partial charge in [0.1, 0.15) is 6.61 Å². The van der Waals surface area contributed by atoms with Gasteiger partial charge in [0.15, 0.2) is 0 Å². The molecule has 0 radical (unpaired) electrons. The highest BCUT2D eigenvalue weighted by atomic mass is 16.6. The smallest absolute Gasteiger partial charge is 0.456 e. The maximum Gasteiger partial charge on any atom is 0.538 e. The number of hydrogen-bond acceptors (Lipinski definition) is 8. The number of hydrogen-bond donors (Lipinski definition) is 0. The molecule has 0 saturated heterocycles. The standard InChI is InChI=1S/C31H48NO8/c1-4-7-22-37-28(34)32(29(35)38-23-8-5-2,30(36)39-24-9-6-3)31(20-16-11-10-12-17-21-31)27(33)40-25-26-18-14-13-15-19-26/h13-15,18-19H,4-12,16-17,20-25H2,1-3H3/q+1. The Bertz CT molecular complexity index is 869. The molecule has 1 saturated carbocycles. The number of carbonyl (C=O) groups excluding carboxylic acids is 4. The van der Waals surface area contributed by atoms with E-state index in [0.29, 0.717) is 32.1 Å². The fourth-order valence-corrected chi connectivity index (χ4v) is 4.97. The Labute approximate surface area is 239 Å². The number of carbonyl (C=O) groups is 4. The largest absolute Gasteiger partial charge is 0.538 e. The zero-order chi connectivity index (χ0) is 29.3. The lowest BCUT2D eigenvalue weighted by Crippen LogP contribution is -2.76. The molecular weight excluding hydrogens is 514 g/mol. The van der Waals surface area contributed by atoms with E-state index in [4.69, 9.17) is 18.9 Å². The van der Waals surface area contributed by atoms with Crippen LogP contribution in [0.5, 0.6) is 0 Å². The van der Waals surface area contributed by atoms with Crippen LogP contribution in [0.4, 0.5) is 14.4 Å². The van der Waals surface area contributed by atoms with Crippen molar-refractivity contribution in [3.8, 4) is 0 Å². The summed E-state index contributed by atoms with van der Waals surface area (Å²) in [4.78, 5) is 56.6. The van der Waals surface area contributed by atoms with Crippen molar-refractivity contribution >= 4 is 24.2 Å². The molecule has 1 fully saturated rings. The van der Waals surface area contributed by atoms with Crippen molar-refractivity contribution in [1.82, 2.24) is 0 Å². The van der Waals surface area contributed by atoms with E-state index in [-0.39, 0.29) is 39.3 Å². The molecule has 0 heterocycles. The summed E-state index contributed by atoms with van der Waals surface area (Å²) in [6, 6.07) is 9.15. The molecule has 9 nitrogen and oxygen atoms in total. The molecule has 0 N–H and O–H groups in total. The first-order chi connectivity index (χ1) is 19.4. The number of imide groups is 3. The number of amides is 3. The summed E-state index contributed by atoms with van der Waals surface area (Å²) in [6.45, 7) is 5.72. The van der Waals surface area contributed by atoms with E-state index in [2.05, 4.69) is 0 Å². The second kappa shape index (κ2) is 17.7. The van der Waals surface area contributed by atoms with Crippen molar-refractivity contribution in [2.75, 3.05) is 19.8 Å². The maximum atomic E-state index is 14.2. The van der Waals surface area contributed by atoms with Crippen LogP contribution in [0.1, 0.15) is 110 Å². The number of esters is 1. The van der Waals surface area contributed by atoms with Gasteiger partial charge in [-0.3, -0.25) is 0 Å². The van der Waals surface area contributed by atoms with Crippen LogP contribution in [0.25, 0.3) is 0 Å². The van der Waals surface area contributed by atoms with Gasteiger partial charge in [0.05, 0.1) is 19.8 Å². The van der Waals surface area contributed by atoms with Gasteiger partial charge in [0, 0.05) is 12.8 Å². The minimum Gasteiger partial charge on any atom is -0.456 e. The molecule has 1 aromatic rings. The number of benzene rings is 1. The molecule has 0 aliphatic heterocycles. The normalized spacial score (nSPS) is 15.3. The summed E-state index contributed by atoms with van der Waals surface area (Å²) in [5.41, 5.74) is -1.14. The zero-order valence-corrected chi connectivity index (χ0v) is 24.6. The first kappa shape index (κ1) is 33.3. The number of quaternary nitrogens is 1. The van der Waals surface area contributed by atoms with Crippen LogP contribution in [0.15, 0.2) is 30.3 Å². The van der Waals surface area contributed by atoms with Crippen molar-refractivity contribution in [1.29, 1.82) is 0 Å². The lowest BCUT2D eigenvalue weighted by Gasteiger charge is -2.42. The Morgan fingerprint density at radius 1 is 0.650 bits per heavy atom. The quantitative estimate of drug-likeness (QED) is 0.104. The van der Waals surface area contributed by atoms with Crippen LogP contribution in [0, 0.1) is 0 Å². The van der Waals surface area contributed by atoms with Gasteiger partial charge in [-0.2, -0.15) is 14.4 Å². The maximum absolute atomic E-state index is 14.2. The second-order valence-corrected chi connectivity index (χ2v) is 10.4. The molecule has 0 unspecified atom stereocenters. The Kier molecular flexibility index (Phi) is 14.7. The lowest BCUT2D eigenvalue weighted by atomic mass is 9.80. The molecule has 0 atom stereocenters. The van der Waals surface area contributed by atoms with Crippen LogP contribution in [-0.4, -0.2) is 54.1 Å². The molecule has 2 rings (SSSR count). The summed E-state index contributed by atoms with van der Waals surface area (Å²) in [5.74, 6) is -0.800. The number of nitrogens with zero attached hydrogens (tertiary/aromatic N) is 1. The van der Waals surface area contributed by atoms with Crippen molar-refractivity contribution < 1.29 is 42.6 Å². The SMILES string of the molecule is CCCCOC(=O)[N+](C(=O)OCCCC)(C(=O)OCCCC)C1(C(=O)OCc2ccccc2)CCCCCCC1. The Hall–Kier alpha value is -2.94. The minimum atomic E-state index is -1.88. The molecule has 1 aliphatic rings. The van der Waals surface area contributed by atoms with Gasteiger partial charge in [-0.25, -0.2) is 4.79 Å². The third-order valence-corrected chi connectivity index (χ3v) is 7.41. The molecule has 40 heavy (non-hydrogen) atoms. The van der Waals surface area contributed by atoms with Crippen LogP contribution < -0.4 is 0 Å². The molecule has 0 spiro atoms. The van der Waals surface area contributed by atoms with Gasteiger partial charge in [0.25, 0.3) is 0 Å². The fourth-order valence-electron chi connectivity index (χ4n) is 4.97. The number of rotatable bonds is 13. The van der Waals surface area contributed by atoms with Crippen molar-refractivity contribution in [3.05, 3.63) is 35.9 Å². The summed E-state index contributed by atoms with van der Waals surface area (Å²) < 4.78 is 21.0. The highest BCUT2D eigenvalue weighted by Gasteiger charge is 2.74. The molecule has 0 bridgehead atoms. The van der Waals surface area contributed by atoms with Gasteiger partial charge in [-0.1, -0.05) is 89.6 Å². The molecule has 3 amide bonds.